The smallest absolute Gasteiger partial charge is 0.103 e. The maximum absolute atomic E-state index is 4.37. The maximum atomic E-state index is 4.37. The molecule has 2 aliphatic rings. The van der Waals surface area contributed by atoms with Crippen molar-refractivity contribution in [1.82, 2.24) is 9.78 Å². The van der Waals surface area contributed by atoms with Gasteiger partial charge in [-0.1, -0.05) is 0 Å². The first kappa shape index (κ1) is 8.24. The summed E-state index contributed by atoms with van der Waals surface area (Å²) in [6.07, 6.45) is 4.56. The lowest BCUT2D eigenvalue weighted by Gasteiger charge is -2.32. The van der Waals surface area contributed by atoms with Gasteiger partial charge in [-0.15, -0.1) is 23.5 Å². The molecular formula is C9H12N2S2. The molecule has 0 saturated carbocycles. The molecule has 1 aromatic rings. The van der Waals surface area contributed by atoms with Gasteiger partial charge >= 0.3 is 0 Å². The fraction of sp³-hybridized carbons (Fsp3) is 0.667. The van der Waals surface area contributed by atoms with Crippen molar-refractivity contribution >= 4 is 23.5 Å². The number of nitrogens with zero attached hydrogens (tertiary/aromatic N) is 2. The molecule has 0 unspecified atom stereocenters. The molecule has 1 fully saturated rings. The summed E-state index contributed by atoms with van der Waals surface area (Å²) >= 11 is 4.23. The average Bonchev–Trinajstić information content (AvgIpc) is 2.74. The van der Waals surface area contributed by atoms with Gasteiger partial charge in [0, 0.05) is 24.2 Å². The van der Waals surface area contributed by atoms with Gasteiger partial charge in [-0.25, -0.2) is 0 Å². The zero-order valence-electron chi connectivity index (χ0n) is 7.40. The van der Waals surface area contributed by atoms with Crippen molar-refractivity contribution in [3.8, 4) is 0 Å². The van der Waals surface area contributed by atoms with Crippen LogP contribution < -0.4 is 0 Å². The molecule has 13 heavy (non-hydrogen) atoms. The highest BCUT2D eigenvalue weighted by atomic mass is 32.2. The van der Waals surface area contributed by atoms with Crippen LogP contribution in [0.2, 0.25) is 0 Å². The molecule has 2 aliphatic heterocycles. The predicted octanol–water partition coefficient (Wildman–Crippen LogP) is 2.31. The van der Waals surface area contributed by atoms with E-state index in [0.29, 0.717) is 4.08 Å². The van der Waals surface area contributed by atoms with E-state index < -0.39 is 0 Å². The van der Waals surface area contributed by atoms with E-state index in [0.717, 1.165) is 6.54 Å². The molecule has 0 N–H and O–H groups in total. The Bertz CT molecular complexity index is 315. The second-order valence-corrected chi connectivity index (χ2v) is 6.54. The second kappa shape index (κ2) is 2.95. The summed E-state index contributed by atoms with van der Waals surface area (Å²) in [6.45, 7) is 1.12. The Morgan fingerprint density at radius 3 is 3.08 bits per heavy atom. The second-order valence-electron chi connectivity index (χ2n) is 3.49. The summed E-state index contributed by atoms with van der Waals surface area (Å²) < 4.78 is 2.56. The van der Waals surface area contributed by atoms with Crippen molar-refractivity contribution in [2.75, 3.05) is 11.5 Å². The molecule has 1 aromatic heterocycles. The minimum atomic E-state index is 0.370. The minimum absolute atomic E-state index is 0.370. The van der Waals surface area contributed by atoms with Crippen LogP contribution in [0.4, 0.5) is 0 Å². The molecule has 0 aliphatic carbocycles. The molecule has 1 saturated heterocycles. The number of thioether (sulfide) groups is 2. The lowest BCUT2D eigenvalue weighted by molar-refractivity contribution is 0.465. The van der Waals surface area contributed by atoms with Gasteiger partial charge in [-0.3, -0.25) is 4.68 Å². The number of fused-ring (bicyclic) bond motifs is 2. The Labute approximate surface area is 86.5 Å². The van der Waals surface area contributed by atoms with E-state index in [-0.39, 0.29) is 0 Å². The number of rotatable bonds is 0. The molecule has 70 valence electrons. The van der Waals surface area contributed by atoms with Crippen LogP contribution in [0.15, 0.2) is 12.3 Å². The third kappa shape index (κ3) is 1.15. The van der Waals surface area contributed by atoms with Crippen LogP contribution in [0.5, 0.6) is 0 Å². The zero-order chi connectivity index (χ0) is 8.73. The lowest BCUT2D eigenvalue weighted by atomic mass is 10.1. The van der Waals surface area contributed by atoms with Crippen LogP contribution in [-0.2, 0) is 10.6 Å². The van der Waals surface area contributed by atoms with Crippen LogP contribution in [-0.4, -0.2) is 21.3 Å². The summed E-state index contributed by atoms with van der Waals surface area (Å²) in [4.78, 5) is 0. The predicted molar refractivity (Wildman–Crippen MR) is 58.1 cm³/mol. The van der Waals surface area contributed by atoms with Crippen molar-refractivity contribution in [3.05, 3.63) is 18.0 Å². The average molecular weight is 212 g/mol. The first-order valence-electron chi connectivity index (χ1n) is 4.71. The molecule has 0 atom stereocenters. The molecule has 4 heteroatoms. The van der Waals surface area contributed by atoms with Crippen molar-refractivity contribution in [2.24, 2.45) is 0 Å². The largest absolute Gasteiger partial charge is 0.267 e. The Hall–Kier alpha value is -0.0900. The Morgan fingerprint density at radius 2 is 2.23 bits per heavy atom. The zero-order valence-corrected chi connectivity index (χ0v) is 9.03. The molecule has 1 spiro atoms. The van der Waals surface area contributed by atoms with Crippen LogP contribution in [0.3, 0.4) is 0 Å². The Morgan fingerprint density at radius 1 is 1.38 bits per heavy atom. The highest BCUT2D eigenvalue weighted by Gasteiger charge is 2.41. The molecule has 0 bridgehead atoms. The van der Waals surface area contributed by atoms with Crippen LogP contribution in [0, 0.1) is 0 Å². The van der Waals surface area contributed by atoms with E-state index in [4.69, 9.17) is 0 Å². The fourth-order valence-electron chi connectivity index (χ4n) is 2.17. The van der Waals surface area contributed by atoms with Gasteiger partial charge in [0.15, 0.2) is 0 Å². The lowest BCUT2D eigenvalue weighted by Crippen LogP contribution is -2.25. The van der Waals surface area contributed by atoms with Crippen molar-refractivity contribution in [3.63, 3.8) is 0 Å². The Kier molecular flexibility index (Phi) is 1.87. The van der Waals surface area contributed by atoms with Gasteiger partial charge in [0.1, 0.15) is 4.08 Å². The van der Waals surface area contributed by atoms with Crippen molar-refractivity contribution < 1.29 is 0 Å². The summed E-state index contributed by atoms with van der Waals surface area (Å²) in [5.74, 6) is 2.60. The van der Waals surface area contributed by atoms with E-state index in [1.165, 1.54) is 30.0 Å². The van der Waals surface area contributed by atoms with Gasteiger partial charge in [0.05, 0.1) is 5.69 Å². The molecule has 3 rings (SSSR count). The summed E-state index contributed by atoms with van der Waals surface area (Å²) in [5.41, 5.74) is 1.45. The van der Waals surface area contributed by atoms with Crippen LogP contribution >= 0.6 is 23.5 Å². The first-order chi connectivity index (χ1) is 6.41. The standard InChI is InChI=1S/C9H12N2S2/c1-3-9(12-6-7-13-9)8-2-4-10-11(8)5-1/h2,4H,1,3,5-7H2. The van der Waals surface area contributed by atoms with E-state index in [2.05, 4.69) is 39.4 Å². The minimum Gasteiger partial charge on any atom is -0.267 e. The van der Waals surface area contributed by atoms with E-state index in [1.54, 1.807) is 0 Å². The van der Waals surface area contributed by atoms with Crippen LogP contribution in [0.25, 0.3) is 0 Å². The number of aromatic nitrogens is 2. The molecular weight excluding hydrogens is 200 g/mol. The first-order valence-corrected chi connectivity index (χ1v) is 6.68. The highest BCUT2D eigenvalue weighted by Crippen LogP contribution is 2.56. The molecule has 0 aromatic carbocycles. The molecule has 0 amide bonds. The number of hydrogen-bond acceptors (Lipinski definition) is 3. The molecule has 3 heterocycles. The van der Waals surface area contributed by atoms with Gasteiger partial charge in [0.2, 0.25) is 0 Å². The van der Waals surface area contributed by atoms with Crippen molar-refractivity contribution in [1.29, 1.82) is 0 Å². The van der Waals surface area contributed by atoms with Gasteiger partial charge in [-0.05, 0) is 18.9 Å². The van der Waals surface area contributed by atoms with Crippen LogP contribution in [0.1, 0.15) is 18.5 Å². The van der Waals surface area contributed by atoms with E-state index in [9.17, 15) is 0 Å². The number of hydrogen-bond donors (Lipinski definition) is 0. The van der Waals surface area contributed by atoms with Gasteiger partial charge < -0.3 is 0 Å². The van der Waals surface area contributed by atoms with E-state index in [1.807, 2.05) is 6.20 Å². The number of aryl methyl sites for hydroxylation is 1. The maximum Gasteiger partial charge on any atom is 0.103 e. The summed E-state index contributed by atoms with van der Waals surface area (Å²) in [7, 11) is 0. The third-order valence-corrected chi connectivity index (χ3v) is 6.28. The van der Waals surface area contributed by atoms with Gasteiger partial charge in [-0.2, -0.15) is 5.10 Å². The third-order valence-electron chi connectivity index (χ3n) is 2.74. The molecule has 2 nitrogen and oxygen atoms in total. The van der Waals surface area contributed by atoms with Gasteiger partial charge in [0.25, 0.3) is 0 Å². The topological polar surface area (TPSA) is 17.8 Å². The SMILES string of the molecule is c1cc2n(n1)CCCC21SCCS1. The highest BCUT2D eigenvalue weighted by molar-refractivity contribution is 8.20. The normalized spacial score (nSPS) is 24.9. The quantitative estimate of drug-likeness (QED) is 0.657. The fourth-order valence-corrected chi connectivity index (χ4v) is 5.55. The van der Waals surface area contributed by atoms with E-state index >= 15 is 0 Å². The van der Waals surface area contributed by atoms with Crippen molar-refractivity contribution in [2.45, 2.75) is 23.5 Å². The Balaban J connectivity index is 2.08. The summed E-state index contributed by atoms with van der Waals surface area (Å²) in [5, 5.41) is 4.37. The molecule has 0 radical (unpaired) electrons. The monoisotopic (exact) mass is 212 g/mol. The summed E-state index contributed by atoms with van der Waals surface area (Å²) in [6, 6.07) is 2.20.